The molecular formula is C14H25N3O2S. The Kier molecular flexibility index (Phi) is 6.91. The lowest BCUT2D eigenvalue weighted by Crippen LogP contribution is -2.32. The van der Waals surface area contributed by atoms with Crippen LogP contribution in [0.4, 0.5) is 0 Å². The van der Waals surface area contributed by atoms with Gasteiger partial charge in [-0.2, -0.15) is 17.6 Å². The second-order valence-electron chi connectivity index (χ2n) is 5.27. The fourth-order valence-electron chi connectivity index (χ4n) is 1.99. The third kappa shape index (κ3) is 5.07. The molecule has 5 nitrogen and oxygen atoms in total. The summed E-state index contributed by atoms with van der Waals surface area (Å²) in [5, 5.41) is 2.93. The fraction of sp³-hybridized carbons (Fsp3) is 0.714. The van der Waals surface area contributed by atoms with Crippen molar-refractivity contribution in [3.05, 3.63) is 11.4 Å². The molecule has 1 aromatic rings. The Bertz CT molecular complexity index is 432. The number of nitrogens with zero attached hydrogens (tertiary/aromatic N) is 1. The molecule has 20 heavy (non-hydrogen) atoms. The van der Waals surface area contributed by atoms with E-state index in [0.717, 1.165) is 17.8 Å². The van der Waals surface area contributed by atoms with E-state index in [0.29, 0.717) is 30.8 Å². The molecule has 2 N–H and O–H groups in total. The van der Waals surface area contributed by atoms with Gasteiger partial charge in [0, 0.05) is 17.4 Å². The molecule has 0 aromatic carbocycles. The van der Waals surface area contributed by atoms with Crippen molar-refractivity contribution in [1.82, 2.24) is 15.3 Å². The molecule has 6 heteroatoms. The van der Waals surface area contributed by atoms with E-state index in [-0.39, 0.29) is 11.8 Å². The highest BCUT2D eigenvalue weighted by molar-refractivity contribution is 7.80. The van der Waals surface area contributed by atoms with Crippen LogP contribution in [-0.4, -0.2) is 28.2 Å². The number of H-pyrrole nitrogens is 1. The minimum atomic E-state index is -0.0519. The minimum Gasteiger partial charge on any atom is -0.465 e. The molecule has 0 aliphatic rings. The summed E-state index contributed by atoms with van der Waals surface area (Å²) >= 11 is 4.26. The van der Waals surface area contributed by atoms with E-state index in [1.54, 1.807) is 0 Å². The molecule has 1 amide bonds. The second kappa shape index (κ2) is 8.19. The molecule has 0 bridgehead atoms. The van der Waals surface area contributed by atoms with Crippen LogP contribution in [0.25, 0.3) is 0 Å². The van der Waals surface area contributed by atoms with E-state index in [4.69, 9.17) is 4.74 Å². The second-order valence-corrected chi connectivity index (χ2v) is 5.64. The molecule has 0 aliphatic heterocycles. The van der Waals surface area contributed by atoms with Crippen molar-refractivity contribution < 1.29 is 9.53 Å². The lowest BCUT2D eigenvalue weighted by Gasteiger charge is -2.16. The zero-order chi connectivity index (χ0) is 15.1. The number of aromatic nitrogens is 2. The zero-order valence-electron chi connectivity index (χ0n) is 12.7. The Labute approximate surface area is 126 Å². The Morgan fingerprint density at radius 2 is 2.20 bits per heavy atom. The Hall–Kier alpha value is -1.17. The number of aromatic amines is 1. The summed E-state index contributed by atoms with van der Waals surface area (Å²) in [6.45, 7) is 9.01. The zero-order valence-corrected chi connectivity index (χ0v) is 13.6. The smallest absolute Gasteiger partial charge is 0.294 e. The van der Waals surface area contributed by atoms with Gasteiger partial charge < -0.3 is 15.0 Å². The average molecular weight is 299 g/mol. The Balaban J connectivity index is 2.55. The molecule has 0 aliphatic carbocycles. The number of carbonyl (C=O) groups excluding carboxylic acids is 1. The molecule has 0 spiro atoms. The van der Waals surface area contributed by atoms with E-state index in [1.165, 1.54) is 0 Å². The van der Waals surface area contributed by atoms with Gasteiger partial charge in [0.05, 0.1) is 18.8 Å². The molecule has 0 saturated carbocycles. The summed E-state index contributed by atoms with van der Waals surface area (Å²) in [6.07, 6.45) is 0.846. The number of carbonyl (C=O) groups is 1. The SMILES string of the molecule is CCOc1nc(CNC(=O)[C@@H](CS)CC(C)C)c(C)[nH]1. The van der Waals surface area contributed by atoms with Crippen LogP contribution in [0.3, 0.4) is 0 Å². The van der Waals surface area contributed by atoms with Crippen molar-refractivity contribution >= 4 is 18.5 Å². The molecule has 1 atom stereocenters. The summed E-state index contributed by atoms with van der Waals surface area (Å²) in [7, 11) is 0. The first-order valence-electron chi connectivity index (χ1n) is 7.04. The van der Waals surface area contributed by atoms with Crippen LogP contribution >= 0.6 is 12.6 Å². The van der Waals surface area contributed by atoms with Gasteiger partial charge in [-0.05, 0) is 26.2 Å². The predicted molar refractivity (Wildman–Crippen MR) is 83.1 cm³/mol. The summed E-state index contributed by atoms with van der Waals surface area (Å²) in [5.74, 6) is 1.03. The topological polar surface area (TPSA) is 67.0 Å². The highest BCUT2D eigenvalue weighted by Gasteiger charge is 2.18. The van der Waals surface area contributed by atoms with Gasteiger partial charge in [0.25, 0.3) is 6.01 Å². The summed E-state index contributed by atoms with van der Waals surface area (Å²) in [6, 6.07) is 0.502. The number of hydrogen-bond acceptors (Lipinski definition) is 4. The molecule has 0 fully saturated rings. The number of ether oxygens (including phenoxy) is 1. The van der Waals surface area contributed by atoms with Crippen LogP contribution in [-0.2, 0) is 11.3 Å². The molecular weight excluding hydrogens is 274 g/mol. The van der Waals surface area contributed by atoms with Crippen molar-refractivity contribution in [2.75, 3.05) is 12.4 Å². The normalized spacial score (nSPS) is 12.5. The largest absolute Gasteiger partial charge is 0.465 e. The monoisotopic (exact) mass is 299 g/mol. The Morgan fingerprint density at radius 1 is 1.50 bits per heavy atom. The van der Waals surface area contributed by atoms with Gasteiger partial charge >= 0.3 is 0 Å². The summed E-state index contributed by atoms with van der Waals surface area (Å²) in [4.78, 5) is 19.4. The van der Waals surface area contributed by atoms with Crippen molar-refractivity contribution in [2.45, 2.75) is 40.7 Å². The van der Waals surface area contributed by atoms with Crippen LogP contribution in [0.5, 0.6) is 6.01 Å². The number of imidazole rings is 1. The van der Waals surface area contributed by atoms with Crippen LogP contribution in [0, 0.1) is 18.8 Å². The maximum Gasteiger partial charge on any atom is 0.294 e. The van der Waals surface area contributed by atoms with E-state index in [2.05, 4.69) is 41.8 Å². The first kappa shape index (κ1) is 16.9. The molecule has 0 unspecified atom stereocenters. The number of amides is 1. The first-order valence-corrected chi connectivity index (χ1v) is 7.68. The van der Waals surface area contributed by atoms with Gasteiger partial charge in [0.2, 0.25) is 5.91 Å². The number of thiol groups is 1. The number of aryl methyl sites for hydroxylation is 1. The molecule has 114 valence electrons. The van der Waals surface area contributed by atoms with Gasteiger partial charge in [-0.25, -0.2) is 0 Å². The molecule has 1 aromatic heterocycles. The average Bonchev–Trinajstić information content (AvgIpc) is 2.73. The van der Waals surface area contributed by atoms with E-state index in [9.17, 15) is 4.79 Å². The molecule has 1 rings (SSSR count). The maximum atomic E-state index is 12.1. The molecule has 0 radical (unpaired) electrons. The van der Waals surface area contributed by atoms with E-state index < -0.39 is 0 Å². The van der Waals surface area contributed by atoms with E-state index in [1.807, 2.05) is 13.8 Å². The van der Waals surface area contributed by atoms with Crippen LogP contribution in [0.15, 0.2) is 0 Å². The quantitative estimate of drug-likeness (QED) is 0.645. The van der Waals surface area contributed by atoms with Gasteiger partial charge in [-0.1, -0.05) is 13.8 Å². The summed E-state index contributed by atoms with van der Waals surface area (Å²) < 4.78 is 5.30. The predicted octanol–water partition coefficient (Wildman–Crippen LogP) is 2.33. The van der Waals surface area contributed by atoms with Gasteiger partial charge in [0.1, 0.15) is 0 Å². The Morgan fingerprint density at radius 3 is 2.75 bits per heavy atom. The summed E-state index contributed by atoms with van der Waals surface area (Å²) in [5.41, 5.74) is 1.73. The van der Waals surface area contributed by atoms with Crippen LogP contribution in [0.1, 0.15) is 38.6 Å². The molecule has 0 saturated heterocycles. The van der Waals surface area contributed by atoms with E-state index >= 15 is 0 Å². The third-order valence-electron chi connectivity index (χ3n) is 3.02. The van der Waals surface area contributed by atoms with Gasteiger partial charge in [-0.3, -0.25) is 4.79 Å². The molecule has 1 heterocycles. The van der Waals surface area contributed by atoms with Crippen LogP contribution < -0.4 is 10.1 Å². The maximum absolute atomic E-state index is 12.1. The highest BCUT2D eigenvalue weighted by atomic mass is 32.1. The number of nitrogens with one attached hydrogen (secondary N) is 2. The number of rotatable bonds is 8. The third-order valence-corrected chi connectivity index (χ3v) is 3.46. The highest BCUT2D eigenvalue weighted by Crippen LogP contribution is 2.15. The van der Waals surface area contributed by atoms with Crippen molar-refractivity contribution in [3.8, 4) is 6.01 Å². The number of hydrogen-bond donors (Lipinski definition) is 3. The van der Waals surface area contributed by atoms with Crippen LogP contribution in [0.2, 0.25) is 0 Å². The van der Waals surface area contributed by atoms with Gasteiger partial charge in [0.15, 0.2) is 0 Å². The van der Waals surface area contributed by atoms with Crippen molar-refractivity contribution in [1.29, 1.82) is 0 Å². The first-order chi connectivity index (χ1) is 9.47. The standard InChI is InChI=1S/C14H25N3O2S/c1-5-19-14-16-10(4)12(17-14)7-15-13(18)11(8-20)6-9(2)3/h9,11,20H,5-8H2,1-4H3,(H,15,18)(H,16,17)/t11-/m1/s1. The minimum absolute atomic E-state index is 0.0362. The van der Waals surface area contributed by atoms with Crippen molar-refractivity contribution in [2.24, 2.45) is 11.8 Å². The lowest BCUT2D eigenvalue weighted by molar-refractivity contribution is -0.124. The fourth-order valence-corrected chi connectivity index (χ4v) is 2.31. The lowest BCUT2D eigenvalue weighted by atomic mass is 9.98. The van der Waals surface area contributed by atoms with Crippen molar-refractivity contribution in [3.63, 3.8) is 0 Å². The van der Waals surface area contributed by atoms with Gasteiger partial charge in [-0.15, -0.1) is 0 Å².